The van der Waals surface area contributed by atoms with Crippen molar-refractivity contribution in [3.05, 3.63) is 52.4 Å². The Bertz CT molecular complexity index is 1390. The summed E-state index contributed by atoms with van der Waals surface area (Å²) in [6.45, 7) is 1.93. The third-order valence-electron chi connectivity index (χ3n) is 5.05. The van der Waals surface area contributed by atoms with Gasteiger partial charge in [0.05, 0.1) is 15.7 Å². The molecular formula is C17H12B2Cl2N6O4. The van der Waals surface area contributed by atoms with Gasteiger partial charge in [0.15, 0.2) is 5.75 Å². The van der Waals surface area contributed by atoms with Crippen molar-refractivity contribution in [1.82, 2.24) is 25.0 Å². The van der Waals surface area contributed by atoms with Gasteiger partial charge in [-0.25, -0.2) is 9.89 Å². The van der Waals surface area contributed by atoms with Gasteiger partial charge in [0.1, 0.15) is 15.7 Å². The van der Waals surface area contributed by atoms with Crippen LogP contribution >= 0.6 is 23.2 Å². The maximum Gasteiger partial charge on any atom is 0.349 e. The van der Waals surface area contributed by atoms with Crippen molar-refractivity contribution in [2.75, 3.05) is 5.73 Å². The van der Waals surface area contributed by atoms with Crippen molar-refractivity contribution < 1.29 is 4.74 Å². The summed E-state index contributed by atoms with van der Waals surface area (Å²) in [7, 11) is 12.2. The van der Waals surface area contributed by atoms with E-state index in [0.29, 0.717) is 22.2 Å². The molecule has 1 aromatic carbocycles. The molecule has 0 fully saturated rings. The number of nitrogens with one attached hydrogen (secondary N) is 2. The number of benzene rings is 1. The maximum atomic E-state index is 12.2. The number of hydrogen-bond acceptors (Lipinski definition) is 7. The maximum absolute atomic E-state index is 12.2. The molecule has 0 saturated carbocycles. The molecule has 0 saturated heterocycles. The number of rotatable bonds is 3. The lowest BCUT2D eigenvalue weighted by Gasteiger charge is -2.19. The van der Waals surface area contributed by atoms with Gasteiger partial charge < -0.3 is 10.5 Å². The Kier molecular flexibility index (Phi) is 5.22. The Labute approximate surface area is 186 Å². The third kappa shape index (κ3) is 3.35. The molecule has 1 atom stereocenters. The molecule has 1 unspecified atom stereocenters. The van der Waals surface area contributed by atoms with Gasteiger partial charge in [0.2, 0.25) is 11.7 Å². The normalized spacial score (nSPS) is 15.1. The van der Waals surface area contributed by atoms with E-state index in [-0.39, 0.29) is 49.8 Å². The average molecular weight is 457 g/mol. The standard InChI is InChI=1S/C17H12B2Cl2N6O4/c1-4-2-3-5-6(4)14(28)24-25-16(5)31-12-9(20)7(18)11(8(19)10(12)21)27-17(30)23-15(29)13(22)26-27/h4H,2-3H2,1H3,(H2,22,26)(H,24,28)(H,23,29,30). The van der Waals surface area contributed by atoms with Crippen LogP contribution < -0.4 is 38.2 Å². The quantitative estimate of drug-likeness (QED) is 0.442. The van der Waals surface area contributed by atoms with E-state index in [0.717, 1.165) is 6.42 Å². The molecular weight excluding hydrogens is 445 g/mol. The average Bonchev–Trinajstić information content (AvgIpc) is 3.12. The molecule has 2 aromatic heterocycles. The van der Waals surface area contributed by atoms with E-state index in [1.54, 1.807) is 0 Å². The summed E-state index contributed by atoms with van der Waals surface area (Å²) >= 11 is 12.7. The smallest absolute Gasteiger partial charge is 0.349 e. The Morgan fingerprint density at radius 1 is 1.16 bits per heavy atom. The number of aromatic nitrogens is 5. The lowest BCUT2D eigenvalue weighted by Crippen LogP contribution is -2.39. The van der Waals surface area contributed by atoms with Crippen LogP contribution in [0.4, 0.5) is 5.82 Å². The number of aromatic amines is 2. The van der Waals surface area contributed by atoms with Crippen LogP contribution in [0.25, 0.3) is 5.69 Å². The van der Waals surface area contributed by atoms with Crippen LogP contribution in [0.5, 0.6) is 11.6 Å². The van der Waals surface area contributed by atoms with Gasteiger partial charge in [0.25, 0.3) is 11.1 Å². The van der Waals surface area contributed by atoms with Crippen molar-refractivity contribution in [3.8, 4) is 17.3 Å². The number of ether oxygens (including phenoxy) is 1. The fourth-order valence-electron chi connectivity index (χ4n) is 3.51. The van der Waals surface area contributed by atoms with E-state index < -0.39 is 17.1 Å². The molecule has 1 aliphatic rings. The van der Waals surface area contributed by atoms with Gasteiger partial charge >= 0.3 is 5.69 Å². The minimum Gasteiger partial charge on any atom is -0.434 e. The number of nitrogen functional groups attached to an aromatic ring is 1. The molecule has 0 aliphatic heterocycles. The number of hydrogen-bond donors (Lipinski definition) is 3. The molecule has 4 radical (unpaired) electrons. The molecule has 10 nitrogen and oxygen atoms in total. The molecule has 0 spiro atoms. The van der Waals surface area contributed by atoms with Gasteiger partial charge in [0, 0.05) is 11.1 Å². The summed E-state index contributed by atoms with van der Waals surface area (Å²) in [5.41, 5.74) is 4.01. The summed E-state index contributed by atoms with van der Waals surface area (Å²) in [4.78, 5) is 37.8. The van der Waals surface area contributed by atoms with Gasteiger partial charge in [-0.15, -0.1) is 10.2 Å². The van der Waals surface area contributed by atoms with E-state index in [1.165, 1.54) is 0 Å². The lowest BCUT2D eigenvalue weighted by atomic mass is 9.84. The Morgan fingerprint density at radius 2 is 1.81 bits per heavy atom. The van der Waals surface area contributed by atoms with Gasteiger partial charge in [-0.1, -0.05) is 30.1 Å². The Morgan fingerprint density at radius 3 is 2.45 bits per heavy atom. The highest BCUT2D eigenvalue weighted by Crippen LogP contribution is 2.39. The minimum atomic E-state index is -0.951. The van der Waals surface area contributed by atoms with Gasteiger partial charge in [-0.05, 0) is 29.7 Å². The molecule has 1 aliphatic carbocycles. The first kappa shape index (κ1) is 21.3. The second-order valence-corrected chi connectivity index (χ2v) is 7.74. The highest BCUT2D eigenvalue weighted by Gasteiger charge is 2.28. The third-order valence-corrected chi connectivity index (χ3v) is 5.80. The minimum absolute atomic E-state index is 0.0382. The first-order chi connectivity index (χ1) is 14.6. The molecule has 0 amide bonds. The van der Waals surface area contributed by atoms with Crippen molar-refractivity contribution in [2.24, 2.45) is 0 Å². The van der Waals surface area contributed by atoms with Crippen LogP contribution in [0, 0.1) is 0 Å². The molecule has 154 valence electrons. The largest absolute Gasteiger partial charge is 0.434 e. The van der Waals surface area contributed by atoms with Gasteiger partial charge in [-0.3, -0.25) is 14.6 Å². The van der Waals surface area contributed by atoms with Crippen molar-refractivity contribution in [2.45, 2.75) is 25.7 Å². The molecule has 2 heterocycles. The van der Waals surface area contributed by atoms with Crippen molar-refractivity contribution in [1.29, 1.82) is 0 Å². The van der Waals surface area contributed by atoms with Gasteiger partial charge in [-0.2, -0.15) is 4.68 Å². The highest BCUT2D eigenvalue weighted by atomic mass is 35.5. The number of fused-ring (bicyclic) bond motifs is 1. The summed E-state index contributed by atoms with van der Waals surface area (Å²) in [6.07, 6.45) is 1.34. The predicted molar refractivity (Wildman–Crippen MR) is 117 cm³/mol. The van der Waals surface area contributed by atoms with Crippen LogP contribution in [0.3, 0.4) is 0 Å². The molecule has 14 heteroatoms. The summed E-state index contributed by atoms with van der Waals surface area (Å²) in [5, 5.41) is 9.68. The zero-order valence-electron chi connectivity index (χ0n) is 16.0. The number of nitrogens with two attached hydrogens (primary N) is 1. The number of halogens is 2. The second-order valence-electron chi connectivity index (χ2n) is 6.98. The van der Waals surface area contributed by atoms with Crippen molar-refractivity contribution in [3.63, 3.8) is 0 Å². The predicted octanol–water partition coefficient (Wildman–Crippen LogP) is -0.677. The monoisotopic (exact) mass is 456 g/mol. The van der Waals surface area contributed by atoms with Crippen LogP contribution in [0.15, 0.2) is 14.4 Å². The molecule has 0 bridgehead atoms. The van der Waals surface area contributed by atoms with E-state index in [9.17, 15) is 14.4 Å². The van der Waals surface area contributed by atoms with Crippen LogP contribution in [-0.4, -0.2) is 40.7 Å². The summed E-state index contributed by atoms with van der Waals surface area (Å²) < 4.78 is 6.50. The summed E-state index contributed by atoms with van der Waals surface area (Å²) in [5.74, 6) is -0.462. The first-order valence-corrected chi connectivity index (χ1v) is 9.72. The molecule has 4 rings (SSSR count). The first-order valence-electron chi connectivity index (χ1n) is 8.96. The zero-order chi connectivity index (χ0) is 22.6. The fraction of sp³-hybridized carbons (Fsp3) is 0.235. The topological polar surface area (TPSA) is 149 Å². The van der Waals surface area contributed by atoms with Crippen LogP contribution in [0.2, 0.25) is 10.0 Å². The van der Waals surface area contributed by atoms with Crippen LogP contribution in [-0.2, 0) is 6.42 Å². The van der Waals surface area contributed by atoms with Crippen molar-refractivity contribution >= 4 is 55.6 Å². The number of nitrogens with zero attached hydrogens (tertiary/aromatic N) is 3. The SMILES string of the molecule is [B]c1c(Cl)c(Oc2n[nH]c(=O)c3c2CCC3C)c(Cl)c([B])c1-n1nc(N)c(=O)[nH]c1=O. The number of anilines is 1. The number of H-pyrrole nitrogens is 2. The fourth-order valence-corrected chi connectivity index (χ4v) is 4.00. The van der Waals surface area contributed by atoms with Crippen LogP contribution in [0.1, 0.15) is 30.4 Å². The molecule has 4 N–H and O–H groups in total. The molecule has 31 heavy (non-hydrogen) atoms. The lowest BCUT2D eigenvalue weighted by molar-refractivity contribution is 0.449. The highest BCUT2D eigenvalue weighted by molar-refractivity contribution is 6.55. The summed E-state index contributed by atoms with van der Waals surface area (Å²) in [6, 6.07) is 0. The van der Waals surface area contributed by atoms with E-state index in [2.05, 4.69) is 15.3 Å². The second kappa shape index (κ2) is 7.61. The Hall–Kier alpha value is -2.98. The van der Waals surface area contributed by atoms with E-state index >= 15 is 0 Å². The molecule has 3 aromatic rings. The Balaban J connectivity index is 1.89. The van der Waals surface area contributed by atoms with E-state index in [4.69, 9.17) is 49.4 Å². The zero-order valence-corrected chi connectivity index (χ0v) is 17.5. The van der Waals surface area contributed by atoms with E-state index in [1.807, 2.05) is 11.9 Å².